The van der Waals surface area contributed by atoms with Crippen molar-refractivity contribution in [3.8, 4) is 0 Å². The van der Waals surface area contributed by atoms with E-state index < -0.39 is 6.04 Å². The smallest absolute Gasteiger partial charge is 0.146 e. The van der Waals surface area contributed by atoms with E-state index in [0.29, 0.717) is 0 Å². The third-order valence-corrected chi connectivity index (χ3v) is 2.71. The monoisotopic (exact) mass is 249 g/mol. The standard InChI is InChI=1S/C12H16FN5/c1-2-8-18-10(5-7-16-18)12(17-14)11-9(13)4-3-6-15-11/h3-7,12,17H,2,8,14H2,1H3. The van der Waals surface area contributed by atoms with Crippen LogP contribution in [0.15, 0.2) is 30.6 Å². The van der Waals surface area contributed by atoms with Gasteiger partial charge >= 0.3 is 0 Å². The molecule has 2 aromatic heterocycles. The van der Waals surface area contributed by atoms with Crippen molar-refractivity contribution in [2.75, 3.05) is 0 Å². The van der Waals surface area contributed by atoms with Gasteiger partial charge in [-0.1, -0.05) is 6.92 Å². The van der Waals surface area contributed by atoms with Crippen LogP contribution in [0.25, 0.3) is 0 Å². The summed E-state index contributed by atoms with van der Waals surface area (Å²) in [6, 6.07) is 4.23. The number of hydrogen-bond acceptors (Lipinski definition) is 4. The lowest BCUT2D eigenvalue weighted by atomic mass is 10.1. The van der Waals surface area contributed by atoms with Crippen molar-refractivity contribution in [2.24, 2.45) is 5.84 Å². The van der Waals surface area contributed by atoms with Crippen molar-refractivity contribution < 1.29 is 4.39 Å². The molecule has 0 amide bonds. The molecular formula is C12H16FN5. The maximum absolute atomic E-state index is 13.7. The summed E-state index contributed by atoms with van der Waals surface area (Å²) in [6.07, 6.45) is 4.16. The molecule has 18 heavy (non-hydrogen) atoms. The number of hydrazine groups is 1. The second-order valence-electron chi connectivity index (χ2n) is 3.95. The van der Waals surface area contributed by atoms with E-state index in [4.69, 9.17) is 5.84 Å². The molecule has 1 unspecified atom stereocenters. The van der Waals surface area contributed by atoms with Crippen LogP contribution in [0.2, 0.25) is 0 Å². The molecule has 0 saturated carbocycles. The van der Waals surface area contributed by atoms with E-state index in [0.717, 1.165) is 18.7 Å². The van der Waals surface area contributed by atoms with Gasteiger partial charge in [-0.3, -0.25) is 15.5 Å². The maximum Gasteiger partial charge on any atom is 0.146 e. The van der Waals surface area contributed by atoms with E-state index in [1.807, 2.05) is 6.07 Å². The highest BCUT2D eigenvalue weighted by atomic mass is 19.1. The molecule has 0 aliphatic heterocycles. The van der Waals surface area contributed by atoms with Crippen LogP contribution in [0.1, 0.15) is 30.8 Å². The molecule has 5 nitrogen and oxygen atoms in total. The number of hydrogen-bond donors (Lipinski definition) is 2. The molecule has 0 aromatic carbocycles. The van der Waals surface area contributed by atoms with Crippen LogP contribution in [0.3, 0.4) is 0 Å². The largest absolute Gasteiger partial charge is 0.270 e. The predicted molar refractivity (Wildman–Crippen MR) is 65.9 cm³/mol. The minimum absolute atomic E-state index is 0.276. The number of aryl methyl sites for hydroxylation is 1. The number of nitrogens with zero attached hydrogens (tertiary/aromatic N) is 3. The third-order valence-electron chi connectivity index (χ3n) is 2.71. The van der Waals surface area contributed by atoms with E-state index in [9.17, 15) is 4.39 Å². The summed E-state index contributed by atoms with van der Waals surface area (Å²) in [4.78, 5) is 4.05. The first-order valence-corrected chi connectivity index (χ1v) is 5.86. The molecule has 0 aliphatic rings. The Morgan fingerprint density at radius 1 is 1.44 bits per heavy atom. The fraction of sp³-hybridized carbons (Fsp3) is 0.333. The van der Waals surface area contributed by atoms with Gasteiger partial charge in [0, 0.05) is 18.9 Å². The maximum atomic E-state index is 13.7. The van der Waals surface area contributed by atoms with Crippen molar-refractivity contribution in [3.05, 3.63) is 47.8 Å². The van der Waals surface area contributed by atoms with Crippen molar-refractivity contribution >= 4 is 0 Å². The number of pyridine rings is 1. The summed E-state index contributed by atoms with van der Waals surface area (Å²) >= 11 is 0. The summed E-state index contributed by atoms with van der Waals surface area (Å²) in [6.45, 7) is 2.81. The van der Waals surface area contributed by atoms with Crippen LogP contribution < -0.4 is 11.3 Å². The first-order chi connectivity index (χ1) is 8.77. The molecular weight excluding hydrogens is 233 g/mol. The van der Waals surface area contributed by atoms with Crippen LogP contribution in [0, 0.1) is 5.82 Å². The number of rotatable bonds is 5. The van der Waals surface area contributed by atoms with Gasteiger partial charge in [-0.25, -0.2) is 9.82 Å². The molecule has 0 radical (unpaired) electrons. The number of nitrogens with two attached hydrogens (primary N) is 1. The highest BCUT2D eigenvalue weighted by molar-refractivity contribution is 5.22. The molecule has 0 bridgehead atoms. The molecule has 0 fully saturated rings. The van der Waals surface area contributed by atoms with Crippen molar-refractivity contribution in [1.82, 2.24) is 20.2 Å². The quantitative estimate of drug-likeness (QED) is 0.620. The molecule has 2 rings (SSSR count). The lowest BCUT2D eigenvalue weighted by Gasteiger charge is -2.17. The lowest BCUT2D eigenvalue weighted by molar-refractivity contribution is 0.492. The predicted octanol–water partition coefficient (Wildman–Crippen LogP) is 1.38. The van der Waals surface area contributed by atoms with Gasteiger partial charge in [-0.05, 0) is 24.6 Å². The average molecular weight is 249 g/mol. The summed E-state index contributed by atoms with van der Waals surface area (Å²) in [5, 5.41) is 4.20. The molecule has 3 N–H and O–H groups in total. The first kappa shape index (κ1) is 12.7. The lowest BCUT2D eigenvalue weighted by Crippen LogP contribution is -2.32. The Bertz CT molecular complexity index is 511. The fourth-order valence-corrected chi connectivity index (χ4v) is 1.90. The van der Waals surface area contributed by atoms with Gasteiger partial charge in [0.15, 0.2) is 0 Å². The van der Waals surface area contributed by atoms with E-state index in [2.05, 4.69) is 22.4 Å². The van der Waals surface area contributed by atoms with Crippen LogP contribution in [-0.2, 0) is 6.54 Å². The second-order valence-corrected chi connectivity index (χ2v) is 3.95. The van der Waals surface area contributed by atoms with Gasteiger partial charge in [-0.15, -0.1) is 0 Å². The summed E-state index contributed by atoms with van der Waals surface area (Å²) in [5.41, 5.74) is 3.68. The van der Waals surface area contributed by atoms with Crippen LogP contribution in [0.4, 0.5) is 4.39 Å². The van der Waals surface area contributed by atoms with Gasteiger partial charge in [0.2, 0.25) is 0 Å². The first-order valence-electron chi connectivity index (χ1n) is 5.86. The number of aromatic nitrogens is 3. The van der Waals surface area contributed by atoms with Crippen LogP contribution in [-0.4, -0.2) is 14.8 Å². The Kier molecular flexibility index (Phi) is 4.01. The molecule has 0 spiro atoms. The average Bonchev–Trinajstić information content (AvgIpc) is 2.82. The molecule has 1 atom stereocenters. The minimum atomic E-state index is -0.500. The zero-order valence-corrected chi connectivity index (χ0v) is 10.2. The number of halogens is 1. The molecule has 2 aromatic rings. The van der Waals surface area contributed by atoms with E-state index in [1.165, 1.54) is 6.07 Å². The van der Waals surface area contributed by atoms with Crippen molar-refractivity contribution in [2.45, 2.75) is 25.9 Å². The van der Waals surface area contributed by atoms with Crippen LogP contribution >= 0.6 is 0 Å². The Balaban J connectivity index is 2.39. The van der Waals surface area contributed by atoms with Crippen molar-refractivity contribution in [1.29, 1.82) is 0 Å². The molecule has 0 aliphatic carbocycles. The molecule has 6 heteroatoms. The zero-order chi connectivity index (χ0) is 13.0. The Hall–Kier alpha value is -1.79. The summed E-state index contributed by atoms with van der Waals surface area (Å²) < 4.78 is 15.6. The SMILES string of the molecule is CCCn1nccc1C(NN)c1ncccc1F. The van der Waals surface area contributed by atoms with Gasteiger partial charge in [0.1, 0.15) is 17.6 Å². The van der Waals surface area contributed by atoms with Crippen LogP contribution in [0.5, 0.6) is 0 Å². The Labute approximate surface area is 105 Å². The Morgan fingerprint density at radius 3 is 2.94 bits per heavy atom. The molecule has 0 saturated heterocycles. The minimum Gasteiger partial charge on any atom is -0.270 e. The van der Waals surface area contributed by atoms with Crippen molar-refractivity contribution in [3.63, 3.8) is 0 Å². The Morgan fingerprint density at radius 2 is 2.28 bits per heavy atom. The highest BCUT2D eigenvalue weighted by Gasteiger charge is 2.21. The fourth-order valence-electron chi connectivity index (χ4n) is 1.90. The second kappa shape index (κ2) is 5.70. The molecule has 2 heterocycles. The van der Waals surface area contributed by atoms with E-state index in [1.54, 1.807) is 23.1 Å². The number of nitrogens with one attached hydrogen (secondary N) is 1. The van der Waals surface area contributed by atoms with E-state index in [-0.39, 0.29) is 11.5 Å². The zero-order valence-electron chi connectivity index (χ0n) is 10.2. The van der Waals surface area contributed by atoms with Gasteiger partial charge in [-0.2, -0.15) is 5.10 Å². The summed E-state index contributed by atoms with van der Waals surface area (Å²) in [5.74, 6) is 5.15. The van der Waals surface area contributed by atoms with Gasteiger partial charge in [0.25, 0.3) is 0 Å². The highest BCUT2D eigenvalue weighted by Crippen LogP contribution is 2.21. The third kappa shape index (κ3) is 2.39. The topological polar surface area (TPSA) is 68.8 Å². The van der Waals surface area contributed by atoms with Gasteiger partial charge < -0.3 is 0 Å². The molecule has 96 valence electrons. The van der Waals surface area contributed by atoms with Gasteiger partial charge in [0.05, 0.1) is 5.69 Å². The normalized spacial score (nSPS) is 12.6. The summed E-state index contributed by atoms with van der Waals surface area (Å²) in [7, 11) is 0. The van der Waals surface area contributed by atoms with E-state index >= 15 is 0 Å².